The van der Waals surface area contributed by atoms with Crippen molar-refractivity contribution in [1.82, 2.24) is 14.9 Å². The first kappa shape index (κ1) is 11.0. The van der Waals surface area contributed by atoms with Gasteiger partial charge >= 0.3 is 0 Å². The first-order valence-corrected chi connectivity index (χ1v) is 5.07. The number of morpholine rings is 1. The largest absolute Gasteiger partial charge is 0.394 e. The van der Waals surface area contributed by atoms with Gasteiger partial charge in [0, 0.05) is 18.9 Å². The van der Waals surface area contributed by atoms with Gasteiger partial charge in [0.15, 0.2) is 0 Å². The third kappa shape index (κ3) is 2.17. The Labute approximate surface area is 92.9 Å². The van der Waals surface area contributed by atoms with Crippen LogP contribution in [0.1, 0.15) is 10.4 Å². The van der Waals surface area contributed by atoms with Crippen molar-refractivity contribution in [3.05, 3.63) is 24.3 Å². The number of aromatic nitrogens is 2. The van der Waals surface area contributed by atoms with E-state index < -0.39 is 0 Å². The van der Waals surface area contributed by atoms with Crippen molar-refractivity contribution in [3.63, 3.8) is 0 Å². The molecule has 0 radical (unpaired) electrons. The van der Waals surface area contributed by atoms with Crippen LogP contribution < -0.4 is 0 Å². The van der Waals surface area contributed by atoms with Gasteiger partial charge in [-0.25, -0.2) is 9.97 Å². The highest BCUT2D eigenvalue weighted by Gasteiger charge is 2.27. The van der Waals surface area contributed by atoms with Crippen LogP contribution in [0.15, 0.2) is 18.7 Å². The predicted molar refractivity (Wildman–Crippen MR) is 54.8 cm³/mol. The summed E-state index contributed by atoms with van der Waals surface area (Å²) in [5, 5.41) is 9.15. The maximum atomic E-state index is 12.0. The van der Waals surface area contributed by atoms with Crippen LogP contribution in [0.25, 0.3) is 0 Å². The molecule has 1 fully saturated rings. The Morgan fingerprint density at radius 1 is 1.56 bits per heavy atom. The fourth-order valence-electron chi connectivity index (χ4n) is 1.65. The minimum Gasteiger partial charge on any atom is -0.394 e. The third-order valence-corrected chi connectivity index (χ3v) is 2.51. The zero-order valence-electron chi connectivity index (χ0n) is 8.74. The highest BCUT2D eigenvalue weighted by Crippen LogP contribution is 2.10. The van der Waals surface area contributed by atoms with Gasteiger partial charge in [0.05, 0.1) is 31.4 Å². The van der Waals surface area contributed by atoms with Crippen molar-refractivity contribution in [2.75, 3.05) is 26.4 Å². The topological polar surface area (TPSA) is 75.6 Å². The standard InChI is InChI=1S/C10H13N3O3/c14-5-9-6-16-2-1-13(9)10(15)8-3-11-7-12-4-8/h3-4,7,9,14H,1-2,5-6H2. The molecule has 1 aromatic heterocycles. The fraction of sp³-hybridized carbons (Fsp3) is 0.500. The van der Waals surface area contributed by atoms with Gasteiger partial charge in [-0.1, -0.05) is 0 Å². The molecule has 0 aromatic carbocycles. The number of aliphatic hydroxyl groups is 1. The number of ether oxygens (including phenoxy) is 1. The number of amides is 1. The van der Waals surface area contributed by atoms with E-state index in [1.54, 1.807) is 4.90 Å². The van der Waals surface area contributed by atoms with Crippen molar-refractivity contribution < 1.29 is 14.6 Å². The van der Waals surface area contributed by atoms with Crippen LogP contribution in [0.3, 0.4) is 0 Å². The number of hydrogen-bond acceptors (Lipinski definition) is 5. The van der Waals surface area contributed by atoms with Crippen LogP contribution in [0.4, 0.5) is 0 Å². The van der Waals surface area contributed by atoms with Gasteiger partial charge in [-0.2, -0.15) is 0 Å². The number of nitrogens with zero attached hydrogens (tertiary/aromatic N) is 3. The molecule has 1 saturated heterocycles. The van der Waals surface area contributed by atoms with E-state index >= 15 is 0 Å². The SMILES string of the molecule is O=C(c1cncnc1)N1CCOCC1CO. The van der Waals surface area contributed by atoms with E-state index in [1.165, 1.54) is 18.7 Å². The maximum Gasteiger partial charge on any atom is 0.257 e. The molecule has 6 heteroatoms. The van der Waals surface area contributed by atoms with E-state index in [9.17, 15) is 4.79 Å². The van der Waals surface area contributed by atoms with E-state index in [-0.39, 0.29) is 18.6 Å². The van der Waals surface area contributed by atoms with Gasteiger partial charge in [-0.3, -0.25) is 4.79 Å². The summed E-state index contributed by atoms with van der Waals surface area (Å²) in [7, 11) is 0. The second kappa shape index (κ2) is 5.00. The number of carbonyl (C=O) groups excluding carboxylic acids is 1. The van der Waals surface area contributed by atoms with Gasteiger partial charge in [0.25, 0.3) is 5.91 Å². The van der Waals surface area contributed by atoms with Gasteiger partial charge in [0.1, 0.15) is 6.33 Å². The quantitative estimate of drug-likeness (QED) is 0.718. The summed E-state index contributed by atoms with van der Waals surface area (Å²) in [5.74, 6) is -0.164. The second-order valence-electron chi connectivity index (χ2n) is 3.54. The van der Waals surface area contributed by atoms with Crippen LogP contribution in [0.5, 0.6) is 0 Å². The minimum absolute atomic E-state index is 0.0978. The number of hydrogen-bond donors (Lipinski definition) is 1. The lowest BCUT2D eigenvalue weighted by molar-refractivity contribution is -0.0184. The molecule has 0 bridgehead atoms. The Morgan fingerprint density at radius 3 is 3.00 bits per heavy atom. The van der Waals surface area contributed by atoms with E-state index in [0.717, 1.165) is 0 Å². The average molecular weight is 223 g/mol. The second-order valence-corrected chi connectivity index (χ2v) is 3.54. The molecule has 1 unspecified atom stereocenters. The third-order valence-electron chi connectivity index (χ3n) is 2.51. The monoisotopic (exact) mass is 223 g/mol. The average Bonchev–Trinajstić information content (AvgIpc) is 2.39. The van der Waals surface area contributed by atoms with Crippen LogP contribution in [0, 0.1) is 0 Å². The van der Waals surface area contributed by atoms with Gasteiger partial charge < -0.3 is 14.7 Å². The maximum absolute atomic E-state index is 12.0. The molecule has 86 valence electrons. The normalized spacial score (nSPS) is 20.8. The van der Waals surface area contributed by atoms with Crippen molar-refractivity contribution in [2.45, 2.75) is 6.04 Å². The van der Waals surface area contributed by atoms with Gasteiger partial charge in [0.2, 0.25) is 0 Å². The molecule has 0 spiro atoms. The first-order chi connectivity index (χ1) is 7.83. The molecule has 6 nitrogen and oxygen atoms in total. The number of rotatable bonds is 2. The molecule has 1 atom stereocenters. The lowest BCUT2D eigenvalue weighted by atomic mass is 10.2. The molecule has 1 N–H and O–H groups in total. The Bertz CT molecular complexity index is 358. The lowest BCUT2D eigenvalue weighted by Gasteiger charge is -2.34. The lowest BCUT2D eigenvalue weighted by Crippen LogP contribution is -2.50. The molecule has 1 aliphatic heterocycles. The molecule has 0 aliphatic carbocycles. The van der Waals surface area contributed by atoms with Crippen LogP contribution in [0.2, 0.25) is 0 Å². The van der Waals surface area contributed by atoms with Crippen molar-refractivity contribution in [2.24, 2.45) is 0 Å². The molecule has 2 heterocycles. The van der Waals surface area contributed by atoms with E-state index in [2.05, 4.69) is 9.97 Å². The molecule has 1 aliphatic rings. The zero-order chi connectivity index (χ0) is 11.4. The Morgan fingerprint density at radius 2 is 2.31 bits per heavy atom. The first-order valence-electron chi connectivity index (χ1n) is 5.07. The van der Waals surface area contributed by atoms with Crippen molar-refractivity contribution in [1.29, 1.82) is 0 Å². The van der Waals surface area contributed by atoms with E-state index in [4.69, 9.17) is 9.84 Å². The Hall–Kier alpha value is -1.53. The molecule has 1 amide bonds. The molecule has 16 heavy (non-hydrogen) atoms. The molecule has 2 rings (SSSR count). The van der Waals surface area contributed by atoms with Crippen LogP contribution >= 0.6 is 0 Å². The van der Waals surface area contributed by atoms with Crippen LogP contribution in [-0.4, -0.2) is 58.3 Å². The zero-order valence-corrected chi connectivity index (χ0v) is 8.74. The summed E-state index contributed by atoms with van der Waals surface area (Å²) in [6, 6.07) is -0.276. The highest BCUT2D eigenvalue weighted by atomic mass is 16.5. The number of aliphatic hydroxyl groups excluding tert-OH is 1. The minimum atomic E-state index is -0.276. The summed E-state index contributed by atoms with van der Waals surface area (Å²) in [6.07, 6.45) is 4.32. The molecule has 0 saturated carbocycles. The predicted octanol–water partition coefficient (Wildman–Crippen LogP) is -0.690. The van der Waals surface area contributed by atoms with Crippen LogP contribution in [-0.2, 0) is 4.74 Å². The van der Waals surface area contributed by atoms with E-state index in [0.29, 0.717) is 25.3 Å². The summed E-state index contributed by atoms with van der Waals surface area (Å²) >= 11 is 0. The fourth-order valence-corrected chi connectivity index (χ4v) is 1.65. The Kier molecular flexibility index (Phi) is 3.43. The summed E-state index contributed by atoms with van der Waals surface area (Å²) in [6.45, 7) is 1.25. The molecular formula is C10H13N3O3. The molecule has 1 aromatic rings. The van der Waals surface area contributed by atoms with E-state index in [1.807, 2.05) is 0 Å². The summed E-state index contributed by atoms with van der Waals surface area (Å²) in [5.41, 5.74) is 0.433. The summed E-state index contributed by atoms with van der Waals surface area (Å²) < 4.78 is 5.20. The van der Waals surface area contributed by atoms with Crippen molar-refractivity contribution >= 4 is 5.91 Å². The molecular weight excluding hydrogens is 210 g/mol. The smallest absolute Gasteiger partial charge is 0.257 e. The summed E-state index contributed by atoms with van der Waals surface area (Å²) in [4.78, 5) is 21.2. The van der Waals surface area contributed by atoms with Gasteiger partial charge in [-0.05, 0) is 0 Å². The number of carbonyl (C=O) groups is 1. The Balaban J connectivity index is 2.14. The highest BCUT2D eigenvalue weighted by molar-refractivity contribution is 5.93. The van der Waals surface area contributed by atoms with Gasteiger partial charge in [-0.15, -0.1) is 0 Å². The van der Waals surface area contributed by atoms with Crippen molar-refractivity contribution in [3.8, 4) is 0 Å².